The summed E-state index contributed by atoms with van der Waals surface area (Å²) in [6.45, 7) is 7.71. The fraction of sp³-hybridized carbons (Fsp3) is 0.389. The van der Waals surface area contributed by atoms with E-state index >= 15 is 0 Å². The van der Waals surface area contributed by atoms with Crippen molar-refractivity contribution in [2.75, 3.05) is 6.54 Å². The molecule has 2 amide bonds. The third-order valence-corrected chi connectivity index (χ3v) is 4.09. The van der Waals surface area contributed by atoms with E-state index in [-0.39, 0.29) is 30.3 Å². The molecule has 0 radical (unpaired) electrons. The van der Waals surface area contributed by atoms with Crippen LogP contribution in [-0.2, 0) is 16.0 Å². The van der Waals surface area contributed by atoms with Crippen LogP contribution in [0.5, 0.6) is 0 Å². The molecule has 5 nitrogen and oxygen atoms in total. The number of aromatic nitrogens is 1. The zero-order valence-electron chi connectivity index (χ0n) is 14.5. The molecule has 0 unspecified atom stereocenters. The summed E-state index contributed by atoms with van der Waals surface area (Å²) in [6.07, 6.45) is 0.172. The maximum atomic E-state index is 11.9. The molecule has 6 heteroatoms. The monoisotopic (exact) mass is 345 g/mol. The molecular weight excluding hydrogens is 322 g/mol. The molecule has 128 valence electrons. The number of hydrogen-bond acceptors (Lipinski definition) is 4. The molecule has 0 saturated carbocycles. The summed E-state index contributed by atoms with van der Waals surface area (Å²) in [6, 6.07) is 8.12. The van der Waals surface area contributed by atoms with E-state index in [1.165, 1.54) is 16.9 Å². The highest BCUT2D eigenvalue weighted by Gasteiger charge is 2.15. The van der Waals surface area contributed by atoms with Crippen LogP contribution in [0.4, 0.5) is 0 Å². The van der Waals surface area contributed by atoms with Gasteiger partial charge in [-0.1, -0.05) is 29.8 Å². The van der Waals surface area contributed by atoms with Crippen molar-refractivity contribution in [2.45, 2.75) is 39.7 Å². The van der Waals surface area contributed by atoms with E-state index in [4.69, 9.17) is 0 Å². The van der Waals surface area contributed by atoms with Crippen LogP contribution in [0.15, 0.2) is 29.6 Å². The number of carbonyl (C=O) groups excluding carboxylic acids is 2. The SMILES string of the molecule is Cc1ccc(-c2nc(CC(=O)NCC(=O)NC(C)(C)C)cs2)cc1. The lowest BCUT2D eigenvalue weighted by atomic mass is 10.1. The summed E-state index contributed by atoms with van der Waals surface area (Å²) in [5, 5.41) is 8.20. The van der Waals surface area contributed by atoms with Gasteiger partial charge in [0.2, 0.25) is 11.8 Å². The smallest absolute Gasteiger partial charge is 0.239 e. The average molecular weight is 345 g/mol. The minimum absolute atomic E-state index is 0.0228. The number of carbonyl (C=O) groups is 2. The van der Waals surface area contributed by atoms with Crippen molar-refractivity contribution < 1.29 is 9.59 Å². The molecule has 2 rings (SSSR count). The summed E-state index contributed by atoms with van der Waals surface area (Å²) in [5.41, 5.74) is 2.65. The van der Waals surface area contributed by atoms with Gasteiger partial charge in [-0.3, -0.25) is 9.59 Å². The lowest BCUT2D eigenvalue weighted by molar-refractivity contribution is -0.126. The highest BCUT2D eigenvalue weighted by molar-refractivity contribution is 7.13. The Bertz CT molecular complexity index is 715. The van der Waals surface area contributed by atoms with Gasteiger partial charge in [-0.2, -0.15) is 0 Å². The van der Waals surface area contributed by atoms with E-state index in [1.807, 2.05) is 57.3 Å². The largest absolute Gasteiger partial charge is 0.350 e. The quantitative estimate of drug-likeness (QED) is 0.875. The molecule has 1 aromatic heterocycles. The summed E-state index contributed by atoms with van der Waals surface area (Å²) in [7, 11) is 0. The predicted molar refractivity (Wildman–Crippen MR) is 96.9 cm³/mol. The fourth-order valence-electron chi connectivity index (χ4n) is 2.09. The Labute approximate surface area is 146 Å². The maximum Gasteiger partial charge on any atom is 0.239 e. The molecular formula is C18H23N3O2S. The molecule has 0 spiro atoms. The third-order valence-electron chi connectivity index (χ3n) is 3.15. The number of nitrogens with one attached hydrogen (secondary N) is 2. The van der Waals surface area contributed by atoms with Crippen molar-refractivity contribution >= 4 is 23.2 Å². The first-order valence-corrected chi connectivity index (χ1v) is 8.70. The first-order chi connectivity index (χ1) is 11.2. The van der Waals surface area contributed by atoms with Crippen molar-refractivity contribution in [1.29, 1.82) is 0 Å². The molecule has 2 N–H and O–H groups in total. The number of rotatable bonds is 5. The lowest BCUT2D eigenvalue weighted by Gasteiger charge is -2.20. The van der Waals surface area contributed by atoms with Gasteiger partial charge in [0, 0.05) is 16.5 Å². The first-order valence-electron chi connectivity index (χ1n) is 7.82. The Balaban J connectivity index is 1.87. The second kappa shape index (κ2) is 7.57. The first kappa shape index (κ1) is 18.1. The van der Waals surface area contributed by atoms with Gasteiger partial charge in [-0.05, 0) is 27.7 Å². The van der Waals surface area contributed by atoms with Crippen LogP contribution in [0.1, 0.15) is 32.0 Å². The highest BCUT2D eigenvalue weighted by atomic mass is 32.1. The van der Waals surface area contributed by atoms with Gasteiger partial charge in [-0.15, -0.1) is 11.3 Å². The zero-order chi connectivity index (χ0) is 17.7. The molecule has 0 fully saturated rings. The highest BCUT2D eigenvalue weighted by Crippen LogP contribution is 2.24. The van der Waals surface area contributed by atoms with Crippen molar-refractivity contribution in [3.05, 3.63) is 40.9 Å². The minimum atomic E-state index is -0.306. The van der Waals surface area contributed by atoms with Crippen LogP contribution >= 0.6 is 11.3 Å². The van der Waals surface area contributed by atoms with Crippen LogP contribution in [0.2, 0.25) is 0 Å². The maximum absolute atomic E-state index is 11.9. The zero-order valence-corrected chi connectivity index (χ0v) is 15.3. The molecule has 0 aliphatic rings. The van der Waals surface area contributed by atoms with Crippen molar-refractivity contribution in [3.63, 3.8) is 0 Å². The van der Waals surface area contributed by atoms with Crippen LogP contribution in [0, 0.1) is 6.92 Å². The summed E-state index contributed by atoms with van der Waals surface area (Å²) in [4.78, 5) is 28.1. The van der Waals surface area contributed by atoms with Crippen LogP contribution in [0.25, 0.3) is 10.6 Å². The van der Waals surface area contributed by atoms with Crippen molar-refractivity contribution in [2.24, 2.45) is 0 Å². The number of benzene rings is 1. The standard InChI is InChI=1S/C18H23N3O2S/c1-12-5-7-13(8-6-12)17-20-14(11-24-17)9-15(22)19-10-16(23)21-18(2,3)4/h5-8,11H,9-10H2,1-4H3,(H,19,22)(H,21,23). The van der Waals surface area contributed by atoms with Crippen LogP contribution < -0.4 is 10.6 Å². The van der Waals surface area contributed by atoms with Gasteiger partial charge in [0.05, 0.1) is 18.7 Å². The van der Waals surface area contributed by atoms with Gasteiger partial charge in [-0.25, -0.2) is 4.98 Å². The summed E-state index contributed by atoms with van der Waals surface area (Å²) in [5.74, 6) is -0.408. The van der Waals surface area contributed by atoms with Gasteiger partial charge < -0.3 is 10.6 Å². The number of thiazole rings is 1. The number of hydrogen-bond donors (Lipinski definition) is 2. The van der Waals surface area contributed by atoms with E-state index in [9.17, 15) is 9.59 Å². The van der Waals surface area contributed by atoms with E-state index < -0.39 is 0 Å². The minimum Gasteiger partial charge on any atom is -0.350 e. The Hall–Kier alpha value is -2.21. The molecule has 0 bridgehead atoms. The number of aryl methyl sites for hydroxylation is 1. The Kier molecular flexibility index (Phi) is 5.72. The van der Waals surface area contributed by atoms with E-state index in [2.05, 4.69) is 15.6 Å². The summed E-state index contributed by atoms with van der Waals surface area (Å²) < 4.78 is 0. The third kappa shape index (κ3) is 5.77. The van der Waals surface area contributed by atoms with Gasteiger partial charge in [0.15, 0.2) is 0 Å². The molecule has 0 aliphatic heterocycles. The molecule has 0 saturated heterocycles. The molecule has 1 aromatic carbocycles. The normalized spacial score (nSPS) is 11.2. The molecule has 24 heavy (non-hydrogen) atoms. The molecule has 0 aliphatic carbocycles. The Morgan fingerprint density at radius 3 is 2.42 bits per heavy atom. The van der Waals surface area contributed by atoms with Crippen LogP contribution in [0.3, 0.4) is 0 Å². The second-order valence-corrected chi connectivity index (χ2v) is 7.62. The van der Waals surface area contributed by atoms with Gasteiger partial charge >= 0.3 is 0 Å². The molecule has 0 atom stereocenters. The second-order valence-electron chi connectivity index (χ2n) is 6.76. The predicted octanol–water partition coefficient (Wildman–Crippen LogP) is 2.69. The molecule has 2 aromatic rings. The van der Waals surface area contributed by atoms with Crippen molar-refractivity contribution in [1.82, 2.24) is 15.6 Å². The topological polar surface area (TPSA) is 71.1 Å². The van der Waals surface area contributed by atoms with Gasteiger partial charge in [0.1, 0.15) is 5.01 Å². The number of amides is 2. The number of nitrogens with zero attached hydrogens (tertiary/aromatic N) is 1. The molecule has 1 heterocycles. The van der Waals surface area contributed by atoms with E-state index in [0.29, 0.717) is 5.69 Å². The fourth-order valence-corrected chi connectivity index (χ4v) is 2.91. The Morgan fingerprint density at radius 2 is 1.79 bits per heavy atom. The Morgan fingerprint density at radius 1 is 1.12 bits per heavy atom. The summed E-state index contributed by atoms with van der Waals surface area (Å²) >= 11 is 1.51. The van der Waals surface area contributed by atoms with E-state index in [0.717, 1.165) is 10.6 Å². The van der Waals surface area contributed by atoms with Gasteiger partial charge in [0.25, 0.3) is 0 Å². The van der Waals surface area contributed by atoms with Crippen LogP contribution in [-0.4, -0.2) is 28.9 Å². The average Bonchev–Trinajstić information content (AvgIpc) is 2.92. The lowest BCUT2D eigenvalue weighted by Crippen LogP contribution is -2.46. The van der Waals surface area contributed by atoms with E-state index in [1.54, 1.807) is 0 Å². The van der Waals surface area contributed by atoms with Crippen molar-refractivity contribution in [3.8, 4) is 10.6 Å².